The largest absolute Gasteiger partial charge is 0.324 e. The van der Waals surface area contributed by atoms with E-state index in [9.17, 15) is 9.59 Å². The molecule has 3 heterocycles. The lowest BCUT2D eigenvalue weighted by molar-refractivity contribution is -0.120. The Kier molecular flexibility index (Phi) is 4.77. The summed E-state index contributed by atoms with van der Waals surface area (Å²) in [5.41, 5.74) is 2.35. The molecule has 0 bridgehead atoms. The van der Waals surface area contributed by atoms with Crippen LogP contribution in [0.5, 0.6) is 0 Å². The molecule has 138 valence electrons. The molecule has 3 aliphatic rings. The Morgan fingerprint density at radius 3 is 2.73 bits per heavy atom. The van der Waals surface area contributed by atoms with Crippen LogP contribution in [-0.4, -0.2) is 67.1 Å². The number of carbonyl (C=O) groups excluding carboxylic acids is 2. The third kappa shape index (κ3) is 3.15. The fraction of sp³-hybridized carbons (Fsp3) is 0.474. The Bertz CT molecular complexity index is 771. The lowest BCUT2D eigenvalue weighted by Gasteiger charge is -2.34. The summed E-state index contributed by atoms with van der Waals surface area (Å²) in [7, 11) is 2.11. The van der Waals surface area contributed by atoms with E-state index in [4.69, 9.17) is 0 Å². The summed E-state index contributed by atoms with van der Waals surface area (Å²) in [4.78, 5) is 33.4. The highest BCUT2D eigenvalue weighted by atomic mass is 32.2. The van der Waals surface area contributed by atoms with E-state index in [1.54, 1.807) is 16.7 Å². The number of likely N-dealkylation sites (N-methyl/N-ethyl adjacent to an activating group) is 1. The molecule has 1 atom stereocenters. The van der Waals surface area contributed by atoms with E-state index >= 15 is 0 Å². The highest BCUT2D eigenvalue weighted by Gasteiger charge is 2.40. The van der Waals surface area contributed by atoms with Crippen molar-refractivity contribution < 1.29 is 9.59 Å². The first-order valence-electron chi connectivity index (χ1n) is 9.02. The number of nitrogens with zero attached hydrogens (tertiary/aromatic N) is 3. The normalized spacial score (nSPS) is 24.2. The number of amides is 2. The van der Waals surface area contributed by atoms with E-state index < -0.39 is 0 Å². The second-order valence-corrected chi connectivity index (χ2v) is 8.35. The first-order chi connectivity index (χ1) is 12.5. The molecule has 1 saturated heterocycles. The van der Waals surface area contributed by atoms with Crippen molar-refractivity contribution in [3.05, 3.63) is 34.9 Å². The summed E-state index contributed by atoms with van der Waals surface area (Å²) in [5, 5.41) is 3.01. The van der Waals surface area contributed by atoms with Gasteiger partial charge in [0.15, 0.2) is 0 Å². The third-order valence-corrected chi connectivity index (χ3v) is 6.46. The number of anilines is 2. The number of para-hydroxylation sites is 2. The average molecular weight is 372 g/mol. The predicted octanol–water partition coefficient (Wildman–Crippen LogP) is 1.81. The molecular formula is C19H24N4O2S. The van der Waals surface area contributed by atoms with E-state index in [0.717, 1.165) is 42.5 Å². The van der Waals surface area contributed by atoms with Crippen LogP contribution in [0, 0.1) is 5.92 Å². The van der Waals surface area contributed by atoms with E-state index in [-0.39, 0.29) is 17.7 Å². The molecule has 1 fully saturated rings. The van der Waals surface area contributed by atoms with Gasteiger partial charge < -0.3 is 10.2 Å². The van der Waals surface area contributed by atoms with Crippen molar-refractivity contribution in [3.63, 3.8) is 0 Å². The standard InChI is InChI=1S/C19H24N4O2S/c1-13-18-14(12-26-13)19(25)20-15-5-3-4-6-16(15)23(18)17(24)11-22-9-7-21(2)8-10-22/h3-6,14H,7-12H2,1-2H3,(H,20,25). The van der Waals surface area contributed by atoms with Gasteiger partial charge in [0, 0.05) is 42.5 Å². The molecule has 0 saturated carbocycles. The molecule has 2 amide bonds. The fourth-order valence-corrected chi connectivity index (χ4v) is 4.89. The summed E-state index contributed by atoms with van der Waals surface area (Å²) in [6, 6.07) is 7.59. The zero-order chi connectivity index (χ0) is 18.3. The number of thioether (sulfide) groups is 1. The van der Waals surface area contributed by atoms with Crippen LogP contribution in [0.4, 0.5) is 11.4 Å². The first kappa shape index (κ1) is 17.6. The van der Waals surface area contributed by atoms with Crippen molar-refractivity contribution in [1.29, 1.82) is 0 Å². The van der Waals surface area contributed by atoms with Gasteiger partial charge in [0.05, 0.1) is 23.8 Å². The van der Waals surface area contributed by atoms with E-state index in [1.807, 2.05) is 31.2 Å². The van der Waals surface area contributed by atoms with Crippen molar-refractivity contribution >= 4 is 35.0 Å². The number of nitrogens with one attached hydrogen (secondary N) is 1. The molecule has 26 heavy (non-hydrogen) atoms. The fourth-order valence-electron chi connectivity index (χ4n) is 3.78. The number of fused-ring (bicyclic) bond motifs is 2. The van der Waals surface area contributed by atoms with Crippen molar-refractivity contribution in [1.82, 2.24) is 9.80 Å². The van der Waals surface area contributed by atoms with Gasteiger partial charge in [-0.25, -0.2) is 0 Å². The van der Waals surface area contributed by atoms with Gasteiger partial charge >= 0.3 is 0 Å². The Morgan fingerprint density at radius 2 is 1.96 bits per heavy atom. The molecular weight excluding hydrogens is 348 g/mol. The molecule has 3 aliphatic heterocycles. The molecule has 0 aliphatic carbocycles. The van der Waals surface area contributed by atoms with Crippen LogP contribution >= 0.6 is 11.8 Å². The molecule has 6 nitrogen and oxygen atoms in total. The minimum absolute atomic E-state index is 0.0216. The Hall–Kier alpha value is -1.83. The molecule has 0 spiro atoms. The minimum atomic E-state index is -0.274. The van der Waals surface area contributed by atoms with Gasteiger partial charge in [0.1, 0.15) is 0 Å². The Morgan fingerprint density at radius 1 is 1.23 bits per heavy atom. The monoisotopic (exact) mass is 372 g/mol. The number of piperazine rings is 1. The summed E-state index contributed by atoms with van der Waals surface area (Å²) < 4.78 is 0. The highest BCUT2D eigenvalue weighted by Crippen LogP contribution is 2.44. The van der Waals surface area contributed by atoms with Gasteiger partial charge in [-0.2, -0.15) is 0 Å². The second kappa shape index (κ2) is 7.06. The Labute approximate surface area is 158 Å². The third-order valence-electron chi connectivity index (χ3n) is 5.32. The molecule has 1 N–H and O–H groups in total. The zero-order valence-electron chi connectivity index (χ0n) is 15.2. The van der Waals surface area contributed by atoms with Crippen LogP contribution in [0.2, 0.25) is 0 Å². The van der Waals surface area contributed by atoms with Crippen molar-refractivity contribution in [3.8, 4) is 0 Å². The minimum Gasteiger partial charge on any atom is -0.324 e. The van der Waals surface area contributed by atoms with Gasteiger partial charge in [-0.3, -0.25) is 19.4 Å². The number of hydrogen-bond acceptors (Lipinski definition) is 5. The van der Waals surface area contributed by atoms with Crippen molar-refractivity contribution in [2.45, 2.75) is 6.92 Å². The van der Waals surface area contributed by atoms with Crippen LogP contribution in [0.1, 0.15) is 6.92 Å². The van der Waals surface area contributed by atoms with Gasteiger partial charge in [-0.15, -0.1) is 11.8 Å². The molecule has 0 radical (unpaired) electrons. The van der Waals surface area contributed by atoms with Crippen LogP contribution < -0.4 is 10.2 Å². The molecule has 1 aromatic carbocycles. The number of rotatable bonds is 2. The quantitative estimate of drug-likeness (QED) is 0.858. The van der Waals surface area contributed by atoms with Gasteiger partial charge in [0.25, 0.3) is 0 Å². The van der Waals surface area contributed by atoms with Gasteiger partial charge in [-0.1, -0.05) is 12.1 Å². The number of allylic oxidation sites excluding steroid dienone is 1. The van der Waals surface area contributed by atoms with Crippen LogP contribution in [0.15, 0.2) is 34.9 Å². The summed E-state index contributed by atoms with van der Waals surface area (Å²) in [5.74, 6) is 0.440. The first-order valence-corrected chi connectivity index (χ1v) is 10.0. The smallest absolute Gasteiger partial charge is 0.245 e. The van der Waals surface area contributed by atoms with Crippen LogP contribution in [0.3, 0.4) is 0 Å². The summed E-state index contributed by atoms with van der Waals surface area (Å²) in [6.45, 7) is 6.13. The predicted molar refractivity (Wildman–Crippen MR) is 105 cm³/mol. The lowest BCUT2D eigenvalue weighted by atomic mass is 10.1. The molecule has 1 unspecified atom stereocenters. The SMILES string of the molecule is CC1=C2C(CS1)C(=O)Nc1ccccc1N2C(=O)CN1CCN(C)CC1. The topological polar surface area (TPSA) is 55.9 Å². The molecule has 4 rings (SSSR count). The lowest BCUT2D eigenvalue weighted by Crippen LogP contribution is -2.49. The number of benzene rings is 1. The maximum Gasteiger partial charge on any atom is 0.245 e. The van der Waals surface area contributed by atoms with Gasteiger partial charge in [0.2, 0.25) is 11.8 Å². The van der Waals surface area contributed by atoms with Crippen LogP contribution in [-0.2, 0) is 9.59 Å². The van der Waals surface area contributed by atoms with Gasteiger partial charge in [-0.05, 0) is 26.1 Å². The van der Waals surface area contributed by atoms with E-state index in [1.165, 1.54) is 0 Å². The average Bonchev–Trinajstić information content (AvgIpc) is 2.94. The van der Waals surface area contributed by atoms with Crippen molar-refractivity contribution in [2.24, 2.45) is 5.92 Å². The summed E-state index contributed by atoms with van der Waals surface area (Å²) >= 11 is 1.66. The van der Waals surface area contributed by atoms with Crippen molar-refractivity contribution in [2.75, 3.05) is 55.7 Å². The Balaban J connectivity index is 1.68. The van der Waals surface area contributed by atoms with Crippen LogP contribution in [0.25, 0.3) is 0 Å². The molecule has 1 aromatic rings. The number of hydrogen-bond donors (Lipinski definition) is 1. The molecule has 0 aromatic heterocycles. The number of carbonyl (C=O) groups is 2. The zero-order valence-corrected chi connectivity index (χ0v) is 16.0. The highest BCUT2D eigenvalue weighted by molar-refractivity contribution is 8.03. The van der Waals surface area contributed by atoms with E-state index in [2.05, 4.69) is 22.2 Å². The summed E-state index contributed by atoms with van der Waals surface area (Å²) in [6.07, 6.45) is 0. The maximum atomic E-state index is 13.3. The second-order valence-electron chi connectivity index (χ2n) is 7.12. The maximum absolute atomic E-state index is 13.3. The van der Waals surface area contributed by atoms with E-state index in [0.29, 0.717) is 18.0 Å². The molecule has 7 heteroatoms.